The molecule has 1 heterocycles. The summed E-state index contributed by atoms with van der Waals surface area (Å²) in [6.45, 7) is 3.47. The summed E-state index contributed by atoms with van der Waals surface area (Å²) in [6, 6.07) is 0.248. The van der Waals surface area contributed by atoms with Crippen LogP contribution in [0.2, 0.25) is 0 Å². The Hall–Kier alpha value is -0.610. The highest BCUT2D eigenvalue weighted by atomic mass is 16.5. The van der Waals surface area contributed by atoms with Gasteiger partial charge in [-0.2, -0.15) is 0 Å². The predicted molar refractivity (Wildman–Crippen MR) is 71.1 cm³/mol. The van der Waals surface area contributed by atoms with E-state index in [0.717, 1.165) is 32.3 Å². The minimum Gasteiger partial charge on any atom is -0.376 e. The normalized spacial score (nSPS) is 36.6. The van der Waals surface area contributed by atoms with E-state index in [1.165, 1.54) is 6.42 Å². The standard InChI is InChI=1S/C14H26N2O2/c1-10-13(7-8-18-10)16(2)14(17)12-6-4-3-5-11(12)9-15/h10-13H,3-9,15H2,1-2H3. The summed E-state index contributed by atoms with van der Waals surface area (Å²) in [6.07, 6.45) is 5.63. The summed E-state index contributed by atoms with van der Waals surface area (Å²) < 4.78 is 5.56. The second-order valence-corrected chi connectivity index (χ2v) is 5.77. The third-order valence-corrected chi connectivity index (χ3v) is 4.71. The van der Waals surface area contributed by atoms with Crippen LogP contribution in [0.1, 0.15) is 39.0 Å². The van der Waals surface area contributed by atoms with Gasteiger partial charge in [0.2, 0.25) is 5.91 Å². The molecule has 1 amide bonds. The number of hydrogen-bond donors (Lipinski definition) is 1. The van der Waals surface area contributed by atoms with Crippen LogP contribution in [0.4, 0.5) is 0 Å². The number of likely N-dealkylation sites (N-methyl/N-ethyl adjacent to an activating group) is 1. The van der Waals surface area contributed by atoms with Gasteiger partial charge in [-0.15, -0.1) is 0 Å². The minimum atomic E-state index is 0.140. The fourth-order valence-electron chi connectivity index (χ4n) is 3.47. The number of ether oxygens (including phenoxy) is 1. The zero-order chi connectivity index (χ0) is 13.1. The smallest absolute Gasteiger partial charge is 0.226 e. The van der Waals surface area contributed by atoms with Crippen molar-refractivity contribution >= 4 is 5.91 Å². The molecule has 1 aliphatic heterocycles. The molecule has 4 heteroatoms. The Morgan fingerprint density at radius 2 is 2.06 bits per heavy atom. The molecule has 0 aromatic heterocycles. The third-order valence-electron chi connectivity index (χ3n) is 4.71. The maximum absolute atomic E-state index is 12.6. The van der Waals surface area contributed by atoms with Gasteiger partial charge in [-0.25, -0.2) is 0 Å². The first-order chi connectivity index (χ1) is 8.65. The number of amides is 1. The van der Waals surface area contributed by atoms with Gasteiger partial charge in [-0.05, 0) is 38.6 Å². The highest BCUT2D eigenvalue weighted by molar-refractivity contribution is 5.79. The van der Waals surface area contributed by atoms with Crippen molar-refractivity contribution in [2.24, 2.45) is 17.6 Å². The van der Waals surface area contributed by atoms with E-state index in [2.05, 4.69) is 6.92 Å². The molecule has 18 heavy (non-hydrogen) atoms. The number of nitrogens with zero attached hydrogens (tertiary/aromatic N) is 1. The highest BCUT2D eigenvalue weighted by Gasteiger charge is 2.37. The lowest BCUT2D eigenvalue weighted by Gasteiger charge is -2.35. The Balaban J connectivity index is 2.00. The Morgan fingerprint density at radius 1 is 1.33 bits per heavy atom. The van der Waals surface area contributed by atoms with Gasteiger partial charge in [0.25, 0.3) is 0 Å². The number of nitrogens with two attached hydrogens (primary N) is 1. The summed E-state index contributed by atoms with van der Waals surface area (Å²) in [7, 11) is 1.93. The summed E-state index contributed by atoms with van der Waals surface area (Å²) in [4.78, 5) is 14.5. The SMILES string of the molecule is CC1OCCC1N(C)C(=O)C1CCCCC1CN. The van der Waals surface area contributed by atoms with Gasteiger partial charge >= 0.3 is 0 Å². The monoisotopic (exact) mass is 254 g/mol. The van der Waals surface area contributed by atoms with E-state index in [4.69, 9.17) is 10.5 Å². The van der Waals surface area contributed by atoms with Crippen molar-refractivity contribution in [2.45, 2.75) is 51.2 Å². The maximum atomic E-state index is 12.6. The maximum Gasteiger partial charge on any atom is 0.226 e. The lowest BCUT2D eigenvalue weighted by Crippen LogP contribution is -2.47. The van der Waals surface area contributed by atoms with Crippen LogP contribution in [-0.2, 0) is 9.53 Å². The number of carbonyl (C=O) groups is 1. The van der Waals surface area contributed by atoms with E-state index in [0.29, 0.717) is 12.5 Å². The average Bonchev–Trinajstić information content (AvgIpc) is 2.83. The third kappa shape index (κ3) is 2.69. The van der Waals surface area contributed by atoms with E-state index >= 15 is 0 Å². The van der Waals surface area contributed by atoms with Gasteiger partial charge in [0.1, 0.15) is 0 Å². The van der Waals surface area contributed by atoms with Crippen molar-refractivity contribution in [3.63, 3.8) is 0 Å². The van der Waals surface area contributed by atoms with Crippen molar-refractivity contribution < 1.29 is 9.53 Å². The molecular formula is C14H26N2O2. The molecule has 0 aromatic rings. The van der Waals surface area contributed by atoms with Gasteiger partial charge in [-0.3, -0.25) is 4.79 Å². The summed E-state index contributed by atoms with van der Waals surface area (Å²) in [5.41, 5.74) is 5.82. The molecule has 0 spiro atoms. The molecule has 1 saturated carbocycles. The van der Waals surface area contributed by atoms with E-state index in [1.54, 1.807) is 0 Å². The molecule has 4 nitrogen and oxygen atoms in total. The zero-order valence-corrected chi connectivity index (χ0v) is 11.6. The molecule has 104 valence electrons. The molecule has 2 N–H and O–H groups in total. The van der Waals surface area contributed by atoms with Crippen LogP contribution in [0.5, 0.6) is 0 Å². The second-order valence-electron chi connectivity index (χ2n) is 5.77. The fourth-order valence-corrected chi connectivity index (χ4v) is 3.47. The van der Waals surface area contributed by atoms with Crippen LogP contribution in [0.15, 0.2) is 0 Å². The van der Waals surface area contributed by atoms with Crippen LogP contribution in [-0.4, -0.2) is 43.2 Å². The lowest BCUT2D eigenvalue weighted by atomic mass is 9.78. The van der Waals surface area contributed by atoms with Crippen molar-refractivity contribution in [2.75, 3.05) is 20.2 Å². The first kappa shape index (κ1) is 13.8. The van der Waals surface area contributed by atoms with Gasteiger partial charge in [0, 0.05) is 19.6 Å². The molecule has 4 atom stereocenters. The number of carbonyl (C=O) groups excluding carboxylic acids is 1. The van der Waals surface area contributed by atoms with Crippen molar-refractivity contribution in [1.29, 1.82) is 0 Å². The van der Waals surface area contributed by atoms with Crippen LogP contribution in [0, 0.1) is 11.8 Å². The molecule has 0 aromatic carbocycles. The molecular weight excluding hydrogens is 228 g/mol. The first-order valence-electron chi connectivity index (χ1n) is 7.23. The highest BCUT2D eigenvalue weighted by Crippen LogP contribution is 2.32. The summed E-state index contributed by atoms with van der Waals surface area (Å²) in [5, 5.41) is 0. The number of hydrogen-bond acceptors (Lipinski definition) is 3. The lowest BCUT2D eigenvalue weighted by molar-refractivity contribution is -0.140. The van der Waals surface area contributed by atoms with Crippen LogP contribution in [0.25, 0.3) is 0 Å². The molecule has 2 aliphatic rings. The minimum absolute atomic E-state index is 0.140. The van der Waals surface area contributed by atoms with Gasteiger partial charge < -0.3 is 15.4 Å². The van der Waals surface area contributed by atoms with Gasteiger partial charge in [0.05, 0.1) is 12.1 Å². The van der Waals surface area contributed by atoms with E-state index < -0.39 is 0 Å². The molecule has 0 bridgehead atoms. The topological polar surface area (TPSA) is 55.6 Å². The first-order valence-corrected chi connectivity index (χ1v) is 7.23. The van der Waals surface area contributed by atoms with Crippen molar-refractivity contribution in [3.8, 4) is 0 Å². The molecule has 1 saturated heterocycles. The summed E-state index contributed by atoms with van der Waals surface area (Å²) in [5.74, 6) is 0.806. The zero-order valence-electron chi connectivity index (χ0n) is 11.6. The molecule has 0 radical (unpaired) electrons. The Morgan fingerprint density at radius 3 is 2.67 bits per heavy atom. The summed E-state index contributed by atoms with van der Waals surface area (Å²) >= 11 is 0. The van der Waals surface area contributed by atoms with E-state index in [-0.39, 0.29) is 24.0 Å². The van der Waals surface area contributed by atoms with Crippen LogP contribution >= 0.6 is 0 Å². The second kappa shape index (κ2) is 6.02. The van der Waals surface area contributed by atoms with Crippen molar-refractivity contribution in [1.82, 2.24) is 4.90 Å². The Labute approximate surface area is 110 Å². The molecule has 4 unspecified atom stereocenters. The molecule has 2 fully saturated rings. The van der Waals surface area contributed by atoms with Crippen LogP contribution in [0.3, 0.4) is 0 Å². The van der Waals surface area contributed by atoms with E-state index in [9.17, 15) is 4.79 Å². The van der Waals surface area contributed by atoms with Gasteiger partial charge in [-0.1, -0.05) is 12.8 Å². The predicted octanol–water partition coefficient (Wildman–Crippen LogP) is 1.39. The average molecular weight is 254 g/mol. The largest absolute Gasteiger partial charge is 0.376 e. The van der Waals surface area contributed by atoms with Gasteiger partial charge in [0.15, 0.2) is 0 Å². The molecule has 2 rings (SSSR count). The quantitative estimate of drug-likeness (QED) is 0.828. The fraction of sp³-hybridized carbons (Fsp3) is 0.929. The Bertz CT molecular complexity index is 296. The number of rotatable bonds is 3. The van der Waals surface area contributed by atoms with E-state index in [1.807, 2.05) is 11.9 Å². The van der Waals surface area contributed by atoms with Crippen molar-refractivity contribution in [3.05, 3.63) is 0 Å². The molecule has 1 aliphatic carbocycles. The van der Waals surface area contributed by atoms with Crippen LogP contribution < -0.4 is 5.73 Å². The Kier molecular flexibility index (Phi) is 4.62.